The molecule has 0 radical (unpaired) electrons. The Balaban J connectivity index is 2.75. The molecule has 0 aliphatic heterocycles. The van der Waals surface area contributed by atoms with Crippen molar-refractivity contribution in [1.82, 2.24) is 0 Å². The van der Waals surface area contributed by atoms with Gasteiger partial charge in [-0.15, -0.1) is 0 Å². The molecule has 0 fully saturated rings. The number of benzene rings is 1. The third kappa shape index (κ3) is 4.02. The van der Waals surface area contributed by atoms with Gasteiger partial charge in [0, 0.05) is 18.8 Å². The molecule has 0 aromatic heterocycles. The van der Waals surface area contributed by atoms with Crippen LogP contribution in [0.4, 0.5) is 5.69 Å². The van der Waals surface area contributed by atoms with Crippen molar-refractivity contribution in [2.24, 2.45) is 5.92 Å². The van der Waals surface area contributed by atoms with Crippen LogP contribution in [-0.4, -0.2) is 18.2 Å². The molecule has 18 heavy (non-hydrogen) atoms. The molecule has 102 valence electrons. The van der Waals surface area contributed by atoms with Crippen LogP contribution in [-0.2, 0) is 0 Å². The summed E-state index contributed by atoms with van der Waals surface area (Å²) in [5.74, 6) is 0.714. The van der Waals surface area contributed by atoms with E-state index >= 15 is 0 Å². The summed E-state index contributed by atoms with van der Waals surface area (Å²) in [5, 5.41) is 9.79. The van der Waals surface area contributed by atoms with E-state index in [2.05, 4.69) is 37.8 Å². The van der Waals surface area contributed by atoms with Crippen LogP contribution in [0.3, 0.4) is 0 Å². The fourth-order valence-electron chi connectivity index (χ4n) is 2.07. The maximum atomic E-state index is 9.79. The molecule has 1 unspecified atom stereocenters. The first-order valence-corrected chi connectivity index (χ1v) is 7.15. The number of hydrogen-bond donors (Lipinski definition) is 1. The van der Waals surface area contributed by atoms with Gasteiger partial charge in [-0.1, -0.05) is 39.3 Å². The Kier molecular flexibility index (Phi) is 6.20. The zero-order valence-electron chi connectivity index (χ0n) is 12.2. The summed E-state index contributed by atoms with van der Waals surface area (Å²) in [7, 11) is 0. The van der Waals surface area contributed by atoms with E-state index in [0.717, 1.165) is 25.1 Å². The fraction of sp³-hybridized carbons (Fsp3) is 0.625. The van der Waals surface area contributed by atoms with Gasteiger partial charge >= 0.3 is 0 Å². The number of aliphatic hydroxyl groups excluding tert-OH is 1. The van der Waals surface area contributed by atoms with E-state index in [1.807, 2.05) is 19.1 Å². The van der Waals surface area contributed by atoms with Crippen LogP contribution in [0, 0.1) is 5.92 Å². The van der Waals surface area contributed by atoms with Crippen LogP contribution in [0.15, 0.2) is 24.3 Å². The maximum absolute atomic E-state index is 9.79. The van der Waals surface area contributed by atoms with Gasteiger partial charge in [-0.2, -0.15) is 0 Å². The molecular weight excluding hydrogens is 222 g/mol. The Morgan fingerprint density at radius 2 is 1.67 bits per heavy atom. The van der Waals surface area contributed by atoms with Crippen molar-refractivity contribution in [3.63, 3.8) is 0 Å². The number of aliphatic hydroxyl groups is 1. The van der Waals surface area contributed by atoms with E-state index < -0.39 is 0 Å². The fourth-order valence-corrected chi connectivity index (χ4v) is 2.07. The van der Waals surface area contributed by atoms with Gasteiger partial charge in [0.15, 0.2) is 0 Å². The van der Waals surface area contributed by atoms with Crippen molar-refractivity contribution < 1.29 is 5.11 Å². The highest BCUT2D eigenvalue weighted by molar-refractivity contribution is 5.47. The molecule has 0 aliphatic rings. The summed E-state index contributed by atoms with van der Waals surface area (Å²) in [4.78, 5) is 2.40. The van der Waals surface area contributed by atoms with Gasteiger partial charge in [0.05, 0.1) is 6.10 Å². The van der Waals surface area contributed by atoms with E-state index in [1.54, 1.807) is 0 Å². The second kappa shape index (κ2) is 7.42. The van der Waals surface area contributed by atoms with Crippen LogP contribution in [0.2, 0.25) is 0 Å². The van der Waals surface area contributed by atoms with Crippen LogP contribution < -0.4 is 4.90 Å². The summed E-state index contributed by atoms with van der Waals surface area (Å²) in [6, 6.07) is 8.34. The second-order valence-electron chi connectivity index (χ2n) is 5.07. The highest BCUT2D eigenvalue weighted by atomic mass is 16.3. The van der Waals surface area contributed by atoms with Gasteiger partial charge in [-0.3, -0.25) is 0 Å². The zero-order chi connectivity index (χ0) is 13.5. The first kappa shape index (κ1) is 15.0. The molecule has 0 heterocycles. The smallest absolute Gasteiger partial charge is 0.0787 e. The number of rotatable bonds is 7. The average molecular weight is 249 g/mol. The molecule has 1 aromatic rings. The lowest BCUT2D eigenvalue weighted by atomic mass is 10.1. The normalized spacial score (nSPS) is 14.3. The third-order valence-corrected chi connectivity index (χ3v) is 3.64. The minimum absolute atomic E-state index is 0.330. The quantitative estimate of drug-likeness (QED) is 0.789. The van der Waals surface area contributed by atoms with E-state index in [4.69, 9.17) is 0 Å². The lowest BCUT2D eigenvalue weighted by molar-refractivity contribution is 0.173. The average Bonchev–Trinajstić information content (AvgIpc) is 2.43. The first-order chi connectivity index (χ1) is 8.62. The van der Waals surface area contributed by atoms with Crippen LogP contribution >= 0.6 is 0 Å². The molecule has 0 amide bonds. The number of anilines is 1. The minimum atomic E-state index is -0.330. The van der Waals surface area contributed by atoms with Crippen molar-refractivity contribution in [3.8, 4) is 0 Å². The molecular formula is C16H27NO. The molecule has 1 rings (SSSR count). The highest BCUT2D eigenvalue weighted by Crippen LogP contribution is 2.22. The SMILES string of the molecule is CCC(C)CN(CC)c1ccc([C@H](O)CC)cc1. The van der Waals surface area contributed by atoms with Crippen molar-refractivity contribution in [1.29, 1.82) is 0 Å². The van der Waals surface area contributed by atoms with Gasteiger partial charge in [0.25, 0.3) is 0 Å². The van der Waals surface area contributed by atoms with Gasteiger partial charge in [-0.25, -0.2) is 0 Å². The Morgan fingerprint density at radius 3 is 2.11 bits per heavy atom. The summed E-state index contributed by atoms with van der Waals surface area (Å²) in [6.07, 6.45) is 1.65. The number of nitrogens with zero attached hydrogens (tertiary/aromatic N) is 1. The predicted octanol–water partition coefficient (Wildman–Crippen LogP) is 4.00. The lowest BCUT2D eigenvalue weighted by Gasteiger charge is -2.26. The van der Waals surface area contributed by atoms with E-state index in [9.17, 15) is 5.11 Å². The zero-order valence-corrected chi connectivity index (χ0v) is 12.2. The molecule has 1 N–H and O–H groups in total. The molecule has 2 atom stereocenters. The monoisotopic (exact) mass is 249 g/mol. The van der Waals surface area contributed by atoms with Crippen LogP contribution in [0.5, 0.6) is 0 Å². The predicted molar refractivity (Wildman–Crippen MR) is 79.0 cm³/mol. The van der Waals surface area contributed by atoms with Gasteiger partial charge < -0.3 is 10.0 Å². The number of hydrogen-bond acceptors (Lipinski definition) is 2. The van der Waals surface area contributed by atoms with Crippen LogP contribution in [0.1, 0.15) is 52.2 Å². The summed E-state index contributed by atoms with van der Waals surface area (Å²) in [5.41, 5.74) is 2.27. The van der Waals surface area contributed by atoms with E-state index in [1.165, 1.54) is 12.1 Å². The minimum Gasteiger partial charge on any atom is -0.388 e. The highest BCUT2D eigenvalue weighted by Gasteiger charge is 2.09. The van der Waals surface area contributed by atoms with Gasteiger partial charge in [-0.05, 0) is 37.0 Å². The Bertz CT molecular complexity index is 333. The molecule has 0 saturated heterocycles. The summed E-state index contributed by atoms with van der Waals surface area (Å²) >= 11 is 0. The lowest BCUT2D eigenvalue weighted by Crippen LogP contribution is -2.27. The summed E-state index contributed by atoms with van der Waals surface area (Å²) in [6.45, 7) is 10.8. The van der Waals surface area contributed by atoms with Gasteiger partial charge in [0.1, 0.15) is 0 Å². The van der Waals surface area contributed by atoms with Gasteiger partial charge in [0.2, 0.25) is 0 Å². The molecule has 0 aliphatic carbocycles. The largest absolute Gasteiger partial charge is 0.388 e. The van der Waals surface area contributed by atoms with Crippen molar-refractivity contribution >= 4 is 5.69 Å². The molecule has 1 aromatic carbocycles. The standard InChI is InChI=1S/C16H27NO/c1-5-13(4)12-17(7-3)15-10-8-14(9-11-15)16(18)6-2/h8-11,13,16,18H,5-7,12H2,1-4H3/t13?,16-/m1/s1. The molecule has 0 bridgehead atoms. The van der Waals surface area contributed by atoms with E-state index in [0.29, 0.717) is 5.92 Å². The Hall–Kier alpha value is -1.02. The third-order valence-electron chi connectivity index (χ3n) is 3.64. The van der Waals surface area contributed by atoms with Crippen molar-refractivity contribution in [2.75, 3.05) is 18.0 Å². The molecule has 0 saturated carbocycles. The summed E-state index contributed by atoms with van der Waals surface area (Å²) < 4.78 is 0. The maximum Gasteiger partial charge on any atom is 0.0787 e. The van der Waals surface area contributed by atoms with Crippen LogP contribution in [0.25, 0.3) is 0 Å². The van der Waals surface area contributed by atoms with Crippen molar-refractivity contribution in [2.45, 2.75) is 46.6 Å². The molecule has 2 nitrogen and oxygen atoms in total. The first-order valence-electron chi connectivity index (χ1n) is 7.15. The molecule has 2 heteroatoms. The Morgan fingerprint density at radius 1 is 1.06 bits per heavy atom. The van der Waals surface area contributed by atoms with Crippen molar-refractivity contribution in [3.05, 3.63) is 29.8 Å². The topological polar surface area (TPSA) is 23.5 Å². The Labute approximate surface area is 112 Å². The molecule has 0 spiro atoms. The second-order valence-corrected chi connectivity index (χ2v) is 5.07. The van der Waals surface area contributed by atoms with E-state index in [-0.39, 0.29) is 6.10 Å².